The summed E-state index contributed by atoms with van der Waals surface area (Å²) in [6.45, 7) is 2.38. The summed E-state index contributed by atoms with van der Waals surface area (Å²) in [5.74, 6) is 0.196. The number of fused-ring (bicyclic) bond motifs is 1. The first-order valence-electron chi connectivity index (χ1n) is 6.29. The summed E-state index contributed by atoms with van der Waals surface area (Å²) in [6.07, 6.45) is 3.59. The van der Waals surface area contributed by atoms with E-state index < -0.39 is 5.82 Å². The molecule has 3 rings (SSSR count). The monoisotopic (exact) mass is 252 g/mol. The Morgan fingerprint density at radius 3 is 3.17 bits per heavy atom. The van der Waals surface area contributed by atoms with Crippen molar-refractivity contribution in [3.8, 4) is 0 Å². The van der Waals surface area contributed by atoms with Gasteiger partial charge in [0.2, 0.25) is 0 Å². The first-order chi connectivity index (χ1) is 8.68. The Balaban J connectivity index is 1.75. The van der Waals surface area contributed by atoms with Crippen molar-refractivity contribution in [1.29, 1.82) is 0 Å². The van der Waals surface area contributed by atoms with Crippen LogP contribution in [0.3, 0.4) is 0 Å². The lowest BCUT2D eigenvalue weighted by Crippen LogP contribution is -2.69. The smallest absolute Gasteiger partial charge is 0.186 e. The highest BCUT2D eigenvalue weighted by Crippen LogP contribution is 2.38. The molecule has 2 fully saturated rings. The molecule has 1 saturated heterocycles. The summed E-state index contributed by atoms with van der Waals surface area (Å²) >= 11 is 0. The standard InChI is InChI=1S/C12H17FN4O/c1-6-8(13)12(16-5-15-6)17-10-9(14)7-3-2-4-18-11(7)10/h5,7,9-11H,2-4,14H2,1H3,(H,15,16,17). The van der Waals surface area contributed by atoms with Gasteiger partial charge in [0.25, 0.3) is 0 Å². The quantitative estimate of drug-likeness (QED) is 0.816. The second-order valence-electron chi connectivity index (χ2n) is 5.01. The van der Waals surface area contributed by atoms with E-state index in [2.05, 4.69) is 15.3 Å². The average molecular weight is 252 g/mol. The van der Waals surface area contributed by atoms with E-state index in [0.717, 1.165) is 19.4 Å². The molecule has 1 aromatic rings. The Morgan fingerprint density at radius 2 is 2.33 bits per heavy atom. The normalized spacial score (nSPS) is 34.6. The lowest BCUT2D eigenvalue weighted by molar-refractivity contribution is -0.104. The van der Waals surface area contributed by atoms with Gasteiger partial charge in [0.05, 0.1) is 17.8 Å². The van der Waals surface area contributed by atoms with E-state index >= 15 is 0 Å². The first-order valence-corrected chi connectivity index (χ1v) is 6.29. The van der Waals surface area contributed by atoms with Gasteiger partial charge in [0.1, 0.15) is 6.33 Å². The minimum absolute atomic E-state index is 0.00460. The van der Waals surface area contributed by atoms with Crippen LogP contribution in [-0.4, -0.2) is 34.8 Å². The van der Waals surface area contributed by atoms with Gasteiger partial charge in [0, 0.05) is 18.6 Å². The molecule has 1 saturated carbocycles. The third-order valence-electron chi connectivity index (χ3n) is 3.94. The Labute approximate surface area is 105 Å². The molecular formula is C12H17FN4O. The predicted octanol–water partition coefficient (Wildman–Crippen LogP) is 0.841. The zero-order chi connectivity index (χ0) is 12.7. The second kappa shape index (κ2) is 4.44. The van der Waals surface area contributed by atoms with Gasteiger partial charge in [0.15, 0.2) is 11.6 Å². The van der Waals surface area contributed by atoms with Gasteiger partial charge in [-0.15, -0.1) is 0 Å². The molecule has 0 aromatic carbocycles. The molecule has 0 spiro atoms. The number of aryl methyl sites for hydroxylation is 1. The molecule has 4 atom stereocenters. The SMILES string of the molecule is Cc1ncnc(NC2C(N)C3CCCOC32)c1F. The molecule has 3 N–H and O–H groups in total. The molecule has 2 aliphatic rings. The van der Waals surface area contributed by atoms with Gasteiger partial charge < -0.3 is 15.8 Å². The molecule has 4 unspecified atom stereocenters. The van der Waals surface area contributed by atoms with Crippen LogP contribution in [0.15, 0.2) is 6.33 Å². The van der Waals surface area contributed by atoms with Crippen LogP contribution in [0.1, 0.15) is 18.5 Å². The third kappa shape index (κ3) is 1.76. The zero-order valence-corrected chi connectivity index (χ0v) is 10.3. The molecule has 0 radical (unpaired) electrons. The molecular weight excluding hydrogens is 235 g/mol. The van der Waals surface area contributed by atoms with Gasteiger partial charge in [-0.2, -0.15) is 0 Å². The van der Waals surface area contributed by atoms with Gasteiger partial charge >= 0.3 is 0 Å². The second-order valence-corrected chi connectivity index (χ2v) is 5.01. The Kier molecular flexibility index (Phi) is 2.91. The molecule has 5 nitrogen and oxygen atoms in total. The van der Waals surface area contributed by atoms with Gasteiger partial charge in [-0.25, -0.2) is 14.4 Å². The summed E-state index contributed by atoms with van der Waals surface area (Å²) < 4.78 is 19.5. The summed E-state index contributed by atoms with van der Waals surface area (Å²) in [4.78, 5) is 7.73. The van der Waals surface area contributed by atoms with Crippen LogP contribution in [0.5, 0.6) is 0 Å². The van der Waals surface area contributed by atoms with Crippen LogP contribution in [-0.2, 0) is 4.74 Å². The summed E-state index contributed by atoms with van der Waals surface area (Å²) in [7, 11) is 0. The van der Waals surface area contributed by atoms with Gasteiger partial charge in [-0.05, 0) is 19.8 Å². The fourth-order valence-corrected chi connectivity index (χ4v) is 2.84. The molecule has 6 heteroatoms. The fraction of sp³-hybridized carbons (Fsp3) is 0.667. The van der Waals surface area contributed by atoms with Crippen LogP contribution in [0, 0.1) is 18.7 Å². The van der Waals surface area contributed by atoms with Crippen molar-refractivity contribution in [3.05, 3.63) is 17.8 Å². The van der Waals surface area contributed by atoms with Crippen molar-refractivity contribution in [3.63, 3.8) is 0 Å². The maximum atomic E-state index is 13.8. The molecule has 0 amide bonds. The molecule has 98 valence electrons. The Bertz CT molecular complexity index is 456. The fourth-order valence-electron chi connectivity index (χ4n) is 2.84. The Morgan fingerprint density at radius 1 is 1.50 bits per heavy atom. The van der Waals surface area contributed by atoms with Crippen molar-refractivity contribution in [2.24, 2.45) is 11.7 Å². The van der Waals surface area contributed by atoms with Crippen LogP contribution < -0.4 is 11.1 Å². The number of aromatic nitrogens is 2. The predicted molar refractivity (Wildman–Crippen MR) is 64.6 cm³/mol. The van der Waals surface area contributed by atoms with E-state index in [0.29, 0.717) is 11.6 Å². The maximum absolute atomic E-state index is 13.8. The number of nitrogens with two attached hydrogens (primary N) is 1. The van der Waals surface area contributed by atoms with E-state index in [-0.39, 0.29) is 24.0 Å². The highest BCUT2D eigenvalue weighted by Gasteiger charge is 2.50. The number of ether oxygens (including phenoxy) is 1. The van der Waals surface area contributed by atoms with E-state index in [9.17, 15) is 4.39 Å². The molecule has 1 aliphatic carbocycles. The van der Waals surface area contributed by atoms with Crippen molar-refractivity contribution in [1.82, 2.24) is 9.97 Å². The first kappa shape index (κ1) is 11.8. The highest BCUT2D eigenvalue weighted by atomic mass is 19.1. The average Bonchev–Trinajstić information content (AvgIpc) is 2.40. The summed E-state index contributed by atoms with van der Waals surface area (Å²) in [6, 6.07) is -0.0518. The van der Waals surface area contributed by atoms with Crippen molar-refractivity contribution < 1.29 is 9.13 Å². The van der Waals surface area contributed by atoms with E-state index in [1.54, 1.807) is 6.92 Å². The minimum Gasteiger partial charge on any atom is -0.376 e. The van der Waals surface area contributed by atoms with Crippen molar-refractivity contribution in [2.45, 2.75) is 38.0 Å². The minimum atomic E-state index is -0.413. The summed E-state index contributed by atoms with van der Waals surface area (Å²) in [5.41, 5.74) is 6.44. The zero-order valence-electron chi connectivity index (χ0n) is 10.3. The number of anilines is 1. The van der Waals surface area contributed by atoms with Crippen LogP contribution >= 0.6 is 0 Å². The molecule has 18 heavy (non-hydrogen) atoms. The number of nitrogens with zero attached hydrogens (tertiary/aromatic N) is 2. The molecule has 0 bridgehead atoms. The van der Waals surface area contributed by atoms with Gasteiger partial charge in [-0.1, -0.05) is 0 Å². The summed E-state index contributed by atoms with van der Waals surface area (Å²) in [5, 5.41) is 3.06. The highest BCUT2D eigenvalue weighted by molar-refractivity contribution is 5.40. The van der Waals surface area contributed by atoms with Crippen LogP contribution in [0.2, 0.25) is 0 Å². The van der Waals surface area contributed by atoms with Crippen molar-refractivity contribution >= 4 is 5.82 Å². The van der Waals surface area contributed by atoms with E-state index in [1.807, 2.05) is 0 Å². The lowest BCUT2D eigenvalue weighted by Gasteiger charge is -2.52. The number of halogens is 1. The van der Waals surface area contributed by atoms with Crippen LogP contribution in [0.25, 0.3) is 0 Å². The van der Waals surface area contributed by atoms with Crippen LogP contribution in [0.4, 0.5) is 10.2 Å². The molecule has 2 heterocycles. The third-order valence-corrected chi connectivity index (χ3v) is 3.94. The number of nitrogens with one attached hydrogen (secondary N) is 1. The van der Waals surface area contributed by atoms with E-state index in [1.165, 1.54) is 6.33 Å². The topological polar surface area (TPSA) is 73.1 Å². The molecule has 1 aliphatic heterocycles. The molecule has 1 aromatic heterocycles. The Hall–Kier alpha value is -1.27. The largest absolute Gasteiger partial charge is 0.376 e. The van der Waals surface area contributed by atoms with E-state index in [4.69, 9.17) is 10.5 Å². The number of hydrogen-bond donors (Lipinski definition) is 2. The maximum Gasteiger partial charge on any atom is 0.186 e. The lowest BCUT2D eigenvalue weighted by atomic mass is 9.68. The number of rotatable bonds is 2. The number of hydrogen-bond acceptors (Lipinski definition) is 5. The van der Waals surface area contributed by atoms with Crippen molar-refractivity contribution in [2.75, 3.05) is 11.9 Å². The van der Waals surface area contributed by atoms with Gasteiger partial charge in [-0.3, -0.25) is 0 Å².